The minimum absolute atomic E-state index is 0.229. The number of benzene rings is 1. The van der Waals surface area contributed by atoms with Gasteiger partial charge in [0.15, 0.2) is 0 Å². The molecule has 1 aromatic carbocycles. The lowest BCUT2D eigenvalue weighted by molar-refractivity contribution is 0.797. The van der Waals surface area contributed by atoms with Gasteiger partial charge in [-0.3, -0.25) is 4.90 Å². The maximum Gasteiger partial charge on any atom is 0.230 e. The van der Waals surface area contributed by atoms with Crippen molar-refractivity contribution in [2.45, 2.75) is 12.5 Å². The van der Waals surface area contributed by atoms with Crippen LogP contribution in [0.1, 0.15) is 12.0 Å². The molecular weight excluding hydrogens is 290 g/mol. The summed E-state index contributed by atoms with van der Waals surface area (Å²) in [5, 5.41) is 0. The van der Waals surface area contributed by atoms with Gasteiger partial charge >= 0.3 is 0 Å². The number of rotatable bonds is 0. The summed E-state index contributed by atoms with van der Waals surface area (Å²) in [6, 6.07) is 6.43. The molecule has 0 spiro atoms. The Morgan fingerprint density at radius 3 is 3.22 bits per heavy atom. The molecule has 0 radical (unpaired) electrons. The first-order valence-corrected chi connectivity index (χ1v) is 6.71. The van der Waals surface area contributed by atoms with E-state index >= 15 is 0 Å². The molecule has 18 heavy (non-hydrogen) atoms. The Labute approximate surface area is 113 Å². The summed E-state index contributed by atoms with van der Waals surface area (Å²) in [5.74, 6) is 0.806. The van der Waals surface area contributed by atoms with Crippen LogP contribution in [-0.2, 0) is 0 Å². The summed E-state index contributed by atoms with van der Waals surface area (Å²) in [4.78, 5) is 11.3. The average molecular weight is 300 g/mol. The summed E-state index contributed by atoms with van der Waals surface area (Å²) in [6.07, 6.45) is 9.24. The Morgan fingerprint density at radius 2 is 2.28 bits per heavy atom. The van der Waals surface area contributed by atoms with Crippen LogP contribution < -0.4 is 4.90 Å². The molecule has 4 heteroatoms. The maximum atomic E-state index is 4.67. The molecule has 1 atom stereocenters. The predicted octanol–water partition coefficient (Wildman–Crippen LogP) is 3.27. The van der Waals surface area contributed by atoms with Crippen LogP contribution in [0.25, 0.3) is 0 Å². The molecule has 1 aliphatic carbocycles. The highest BCUT2D eigenvalue weighted by Crippen LogP contribution is 2.38. The van der Waals surface area contributed by atoms with Crippen molar-refractivity contribution in [2.75, 3.05) is 4.90 Å². The van der Waals surface area contributed by atoms with E-state index in [1.165, 1.54) is 5.70 Å². The Morgan fingerprint density at radius 1 is 1.33 bits per heavy atom. The molecule has 2 aliphatic heterocycles. The second kappa shape index (κ2) is 3.65. The number of halogens is 1. The molecule has 3 aliphatic rings. The van der Waals surface area contributed by atoms with Crippen LogP contribution in [0.3, 0.4) is 0 Å². The Hall–Kier alpha value is -1.68. The highest BCUT2D eigenvalue weighted by Gasteiger charge is 2.34. The van der Waals surface area contributed by atoms with Crippen molar-refractivity contribution in [3.8, 4) is 0 Å². The van der Waals surface area contributed by atoms with Crippen molar-refractivity contribution in [3.05, 3.63) is 52.2 Å². The SMILES string of the molecule is Brc1cccc2c1C=NC1=NC3CC=CC=C3N12. The van der Waals surface area contributed by atoms with Gasteiger partial charge in [0.25, 0.3) is 0 Å². The molecule has 0 aromatic heterocycles. The lowest BCUT2D eigenvalue weighted by atomic mass is 10.0. The fraction of sp³-hybridized carbons (Fsp3) is 0.143. The minimum atomic E-state index is 0.229. The molecule has 1 aromatic rings. The highest BCUT2D eigenvalue weighted by atomic mass is 79.9. The van der Waals surface area contributed by atoms with Gasteiger partial charge in [0.05, 0.1) is 17.4 Å². The van der Waals surface area contributed by atoms with Crippen LogP contribution in [-0.4, -0.2) is 18.2 Å². The zero-order chi connectivity index (χ0) is 12.1. The fourth-order valence-corrected chi connectivity index (χ4v) is 3.03. The summed E-state index contributed by atoms with van der Waals surface area (Å²) >= 11 is 3.58. The quantitative estimate of drug-likeness (QED) is 0.722. The number of hydrogen-bond donors (Lipinski definition) is 0. The first-order valence-electron chi connectivity index (χ1n) is 5.92. The summed E-state index contributed by atoms with van der Waals surface area (Å²) in [7, 11) is 0. The van der Waals surface area contributed by atoms with Gasteiger partial charge in [0, 0.05) is 16.3 Å². The monoisotopic (exact) mass is 299 g/mol. The molecule has 0 saturated heterocycles. The third-order valence-electron chi connectivity index (χ3n) is 3.41. The van der Waals surface area contributed by atoms with Crippen molar-refractivity contribution in [2.24, 2.45) is 9.98 Å². The van der Waals surface area contributed by atoms with E-state index in [4.69, 9.17) is 0 Å². The average Bonchev–Trinajstić information content (AvgIpc) is 2.77. The van der Waals surface area contributed by atoms with Gasteiger partial charge < -0.3 is 0 Å². The maximum absolute atomic E-state index is 4.67. The zero-order valence-electron chi connectivity index (χ0n) is 9.55. The molecule has 2 heterocycles. The van der Waals surface area contributed by atoms with Crippen molar-refractivity contribution in [3.63, 3.8) is 0 Å². The molecule has 3 nitrogen and oxygen atoms in total. The van der Waals surface area contributed by atoms with Gasteiger partial charge in [0.1, 0.15) is 0 Å². The lowest BCUT2D eigenvalue weighted by Crippen LogP contribution is -2.30. The Balaban J connectivity index is 1.94. The van der Waals surface area contributed by atoms with Crippen LogP contribution in [0, 0.1) is 0 Å². The standard InChI is InChI=1S/C14H10BrN3/c15-10-4-3-7-12-9(10)8-16-14-17-11-5-1-2-6-13(11)18(12)14/h1-4,6-8,11H,5H2. The number of aliphatic imine (C=N–C) groups is 2. The summed E-state index contributed by atoms with van der Waals surface area (Å²) in [5.41, 5.74) is 3.50. The third kappa shape index (κ3) is 1.29. The van der Waals surface area contributed by atoms with E-state index in [-0.39, 0.29) is 6.04 Å². The molecule has 0 N–H and O–H groups in total. The van der Waals surface area contributed by atoms with Gasteiger partial charge in [-0.05, 0) is 24.6 Å². The van der Waals surface area contributed by atoms with E-state index in [1.54, 1.807) is 0 Å². The number of fused-ring (bicyclic) bond motifs is 5. The predicted molar refractivity (Wildman–Crippen MR) is 77.3 cm³/mol. The Bertz CT molecular complexity index is 655. The van der Waals surface area contributed by atoms with Crippen molar-refractivity contribution in [1.82, 2.24) is 0 Å². The second-order valence-corrected chi connectivity index (χ2v) is 5.32. The van der Waals surface area contributed by atoms with E-state index < -0.39 is 0 Å². The van der Waals surface area contributed by atoms with Crippen LogP contribution in [0.15, 0.2) is 56.6 Å². The van der Waals surface area contributed by atoms with Gasteiger partial charge in [-0.15, -0.1) is 0 Å². The van der Waals surface area contributed by atoms with E-state index in [0.717, 1.165) is 28.1 Å². The van der Waals surface area contributed by atoms with Crippen LogP contribution in [0.5, 0.6) is 0 Å². The van der Waals surface area contributed by atoms with Gasteiger partial charge in [-0.1, -0.05) is 34.1 Å². The number of allylic oxidation sites excluding steroid dienone is 2. The van der Waals surface area contributed by atoms with E-state index in [0.29, 0.717) is 0 Å². The normalized spacial score (nSPS) is 23.2. The molecule has 0 amide bonds. The van der Waals surface area contributed by atoms with E-state index in [1.807, 2.05) is 18.3 Å². The molecular formula is C14H10BrN3. The first-order chi connectivity index (χ1) is 8.84. The van der Waals surface area contributed by atoms with Crippen LogP contribution >= 0.6 is 15.9 Å². The van der Waals surface area contributed by atoms with Gasteiger partial charge in [0.2, 0.25) is 5.96 Å². The molecule has 4 rings (SSSR count). The van der Waals surface area contributed by atoms with Crippen molar-refractivity contribution >= 4 is 33.8 Å². The highest BCUT2D eigenvalue weighted by molar-refractivity contribution is 9.10. The van der Waals surface area contributed by atoms with Gasteiger partial charge in [-0.2, -0.15) is 0 Å². The third-order valence-corrected chi connectivity index (χ3v) is 4.10. The lowest BCUT2D eigenvalue weighted by Gasteiger charge is -2.27. The largest absolute Gasteiger partial charge is 0.280 e. The topological polar surface area (TPSA) is 28.0 Å². The van der Waals surface area contributed by atoms with E-state index in [9.17, 15) is 0 Å². The molecule has 0 saturated carbocycles. The minimum Gasteiger partial charge on any atom is -0.280 e. The summed E-state index contributed by atoms with van der Waals surface area (Å²) in [6.45, 7) is 0. The molecule has 88 valence electrons. The molecule has 0 fully saturated rings. The van der Waals surface area contributed by atoms with Crippen LogP contribution in [0.4, 0.5) is 5.69 Å². The number of hydrogen-bond acceptors (Lipinski definition) is 3. The first kappa shape index (κ1) is 10.3. The second-order valence-electron chi connectivity index (χ2n) is 4.47. The summed E-state index contributed by atoms with van der Waals surface area (Å²) < 4.78 is 1.07. The zero-order valence-corrected chi connectivity index (χ0v) is 11.1. The van der Waals surface area contributed by atoms with Crippen molar-refractivity contribution in [1.29, 1.82) is 0 Å². The smallest absolute Gasteiger partial charge is 0.230 e. The van der Waals surface area contributed by atoms with Crippen molar-refractivity contribution < 1.29 is 0 Å². The fourth-order valence-electron chi connectivity index (χ4n) is 2.57. The number of guanidine groups is 1. The number of nitrogens with zero attached hydrogens (tertiary/aromatic N) is 3. The Kier molecular flexibility index (Phi) is 2.08. The number of anilines is 1. The van der Waals surface area contributed by atoms with Crippen LogP contribution in [0.2, 0.25) is 0 Å². The molecule has 1 unspecified atom stereocenters. The molecule has 0 bridgehead atoms. The van der Waals surface area contributed by atoms with Gasteiger partial charge in [-0.25, -0.2) is 9.98 Å². The van der Waals surface area contributed by atoms with E-state index in [2.05, 4.69) is 55.1 Å².